The normalized spacial score (nSPS) is 17.9. The summed E-state index contributed by atoms with van der Waals surface area (Å²) in [5.74, 6) is -1.17. The summed E-state index contributed by atoms with van der Waals surface area (Å²) in [4.78, 5) is 14.9. The Hall–Kier alpha value is -3.87. The molecule has 1 fully saturated rings. The molecule has 0 aliphatic carbocycles. The van der Waals surface area contributed by atoms with Crippen LogP contribution in [-0.4, -0.2) is 16.1 Å². The van der Waals surface area contributed by atoms with Crippen LogP contribution in [0.1, 0.15) is 41.7 Å². The maximum Gasteiger partial charge on any atom is 0.233 e. The van der Waals surface area contributed by atoms with Crippen LogP contribution in [0, 0.1) is 17.6 Å². The fourth-order valence-corrected chi connectivity index (χ4v) is 4.97. The third kappa shape index (κ3) is 5.17. The minimum Gasteiger partial charge on any atom is -0.392 e. The summed E-state index contributed by atoms with van der Waals surface area (Å²) in [6.45, 7) is -0.00854. The number of nitrogens with zero attached hydrogens (tertiary/aromatic N) is 1. The third-order valence-electron chi connectivity index (χ3n) is 7.05. The van der Waals surface area contributed by atoms with Crippen LogP contribution >= 0.6 is 0 Å². The number of hydrogen-bond donors (Lipinski definition) is 2. The number of hydrogen-bond acceptors (Lipinski definition) is 3. The molecule has 1 amide bonds. The van der Waals surface area contributed by atoms with E-state index in [-0.39, 0.29) is 36.1 Å². The molecule has 0 spiro atoms. The average Bonchev–Trinajstić information content (AvgIpc) is 2.93. The number of β-lactam (4-membered cyclic amide) rings is 1. The molecular formula is C31H27F2NO3. The second kappa shape index (κ2) is 10.6. The Morgan fingerprint density at radius 3 is 1.86 bits per heavy atom. The average molecular weight is 500 g/mol. The Labute approximate surface area is 214 Å². The minimum absolute atomic E-state index is 0.00854. The van der Waals surface area contributed by atoms with Gasteiger partial charge in [0.15, 0.2) is 0 Å². The Morgan fingerprint density at radius 2 is 1.30 bits per heavy atom. The van der Waals surface area contributed by atoms with Crippen LogP contribution in [0.5, 0.6) is 0 Å². The first-order valence-corrected chi connectivity index (χ1v) is 12.3. The van der Waals surface area contributed by atoms with Crippen molar-refractivity contribution in [3.8, 4) is 11.1 Å². The van der Waals surface area contributed by atoms with Gasteiger partial charge in [0.2, 0.25) is 5.91 Å². The lowest BCUT2D eigenvalue weighted by molar-refractivity contribution is -0.131. The summed E-state index contributed by atoms with van der Waals surface area (Å²) >= 11 is 0. The molecule has 188 valence electrons. The Kier molecular flexibility index (Phi) is 7.12. The molecule has 37 heavy (non-hydrogen) atoms. The monoisotopic (exact) mass is 499 g/mol. The highest BCUT2D eigenvalue weighted by Gasteiger charge is 2.48. The first-order chi connectivity index (χ1) is 17.9. The number of carbonyl (C=O) groups is 1. The van der Waals surface area contributed by atoms with E-state index in [0.717, 1.165) is 22.3 Å². The van der Waals surface area contributed by atoms with Crippen LogP contribution in [0.3, 0.4) is 0 Å². The smallest absolute Gasteiger partial charge is 0.233 e. The quantitative estimate of drug-likeness (QED) is 0.278. The summed E-state index contributed by atoms with van der Waals surface area (Å²) in [6, 6.07) is 27.0. The maximum atomic E-state index is 13.5. The topological polar surface area (TPSA) is 60.8 Å². The van der Waals surface area contributed by atoms with Crippen molar-refractivity contribution in [3.05, 3.63) is 125 Å². The van der Waals surface area contributed by atoms with Crippen LogP contribution in [0.15, 0.2) is 97.1 Å². The van der Waals surface area contributed by atoms with Crippen LogP contribution in [-0.2, 0) is 11.4 Å². The SMILES string of the molecule is O=C1C(CC[C@H](O)c2ccc(F)cc2)[C@@H](c2ccc(-c3ccc(CO)cc3)cc2)N1c1ccc(F)cc1. The molecule has 1 aliphatic rings. The van der Waals surface area contributed by atoms with Crippen molar-refractivity contribution >= 4 is 11.6 Å². The van der Waals surface area contributed by atoms with Crippen molar-refractivity contribution in [3.63, 3.8) is 0 Å². The van der Waals surface area contributed by atoms with Gasteiger partial charge in [0.1, 0.15) is 11.6 Å². The van der Waals surface area contributed by atoms with Gasteiger partial charge < -0.3 is 15.1 Å². The molecule has 2 N–H and O–H groups in total. The summed E-state index contributed by atoms with van der Waals surface area (Å²) in [6.07, 6.45) is -0.00644. The van der Waals surface area contributed by atoms with E-state index in [9.17, 15) is 23.8 Å². The molecule has 3 atom stereocenters. The maximum absolute atomic E-state index is 13.5. The molecule has 4 aromatic carbocycles. The molecule has 1 aliphatic heterocycles. The Balaban J connectivity index is 1.38. The van der Waals surface area contributed by atoms with E-state index in [1.54, 1.807) is 29.2 Å². The molecule has 5 rings (SSSR count). The number of anilines is 1. The van der Waals surface area contributed by atoms with Crippen molar-refractivity contribution in [1.29, 1.82) is 0 Å². The summed E-state index contributed by atoms with van der Waals surface area (Å²) in [5.41, 5.74) is 5.04. The lowest BCUT2D eigenvalue weighted by Crippen LogP contribution is -2.55. The number of aliphatic hydroxyl groups excluding tert-OH is 2. The lowest BCUT2D eigenvalue weighted by Gasteiger charge is -2.48. The van der Waals surface area contributed by atoms with E-state index in [0.29, 0.717) is 24.1 Å². The van der Waals surface area contributed by atoms with Crippen molar-refractivity contribution < 1.29 is 23.8 Å². The number of aliphatic hydroxyl groups is 2. The lowest BCUT2D eigenvalue weighted by atomic mass is 9.78. The second-order valence-electron chi connectivity index (χ2n) is 9.36. The predicted octanol–water partition coefficient (Wildman–Crippen LogP) is 6.34. The van der Waals surface area contributed by atoms with Gasteiger partial charge in [0, 0.05) is 5.69 Å². The fourth-order valence-electron chi connectivity index (χ4n) is 4.97. The number of benzene rings is 4. The molecule has 1 saturated heterocycles. The first-order valence-electron chi connectivity index (χ1n) is 12.3. The molecule has 0 saturated carbocycles. The highest BCUT2D eigenvalue weighted by molar-refractivity contribution is 6.03. The van der Waals surface area contributed by atoms with Gasteiger partial charge in [-0.2, -0.15) is 0 Å². The highest BCUT2D eigenvalue weighted by Crippen LogP contribution is 2.46. The van der Waals surface area contributed by atoms with Gasteiger partial charge in [-0.3, -0.25) is 4.79 Å². The molecule has 1 heterocycles. The van der Waals surface area contributed by atoms with Crippen molar-refractivity contribution in [2.75, 3.05) is 4.90 Å². The zero-order valence-corrected chi connectivity index (χ0v) is 20.1. The number of carbonyl (C=O) groups excluding carboxylic acids is 1. The minimum atomic E-state index is -0.807. The molecular weight excluding hydrogens is 472 g/mol. The molecule has 6 heteroatoms. The zero-order valence-electron chi connectivity index (χ0n) is 20.1. The molecule has 0 radical (unpaired) electrons. The van der Waals surface area contributed by atoms with Gasteiger partial charge >= 0.3 is 0 Å². The summed E-state index contributed by atoms with van der Waals surface area (Å²) < 4.78 is 26.8. The van der Waals surface area contributed by atoms with Crippen LogP contribution < -0.4 is 4.90 Å². The van der Waals surface area contributed by atoms with Crippen molar-refractivity contribution in [1.82, 2.24) is 0 Å². The first kappa shape index (κ1) is 24.8. The van der Waals surface area contributed by atoms with E-state index in [1.165, 1.54) is 24.3 Å². The molecule has 0 bridgehead atoms. The van der Waals surface area contributed by atoms with E-state index in [2.05, 4.69) is 0 Å². The van der Waals surface area contributed by atoms with Crippen LogP contribution in [0.4, 0.5) is 14.5 Å². The van der Waals surface area contributed by atoms with Gasteiger partial charge in [-0.1, -0.05) is 60.7 Å². The standard InChI is InChI=1S/C31H27F2NO3/c32-25-11-9-23(10-12-25)29(36)18-17-28-30(34(31(28)37)27-15-13-26(33)14-16-27)24-7-5-22(6-8-24)21-3-1-20(19-35)2-4-21/h1-16,28-30,35-36H,17-19H2/t28?,29-,30+/m0/s1. The van der Waals surface area contributed by atoms with E-state index in [1.807, 2.05) is 48.5 Å². The predicted molar refractivity (Wildman–Crippen MR) is 139 cm³/mol. The van der Waals surface area contributed by atoms with Gasteiger partial charge in [0.05, 0.1) is 24.7 Å². The Morgan fingerprint density at radius 1 is 0.757 bits per heavy atom. The summed E-state index contributed by atoms with van der Waals surface area (Å²) in [5, 5.41) is 19.9. The van der Waals surface area contributed by atoms with Crippen molar-refractivity contribution in [2.45, 2.75) is 31.6 Å². The Bertz CT molecular complexity index is 1350. The van der Waals surface area contributed by atoms with Gasteiger partial charge in [-0.05, 0) is 77.1 Å². The number of rotatable bonds is 8. The molecule has 4 aromatic rings. The number of amides is 1. The van der Waals surface area contributed by atoms with Crippen LogP contribution in [0.25, 0.3) is 11.1 Å². The fraction of sp³-hybridized carbons (Fsp3) is 0.194. The van der Waals surface area contributed by atoms with E-state index in [4.69, 9.17) is 0 Å². The van der Waals surface area contributed by atoms with E-state index < -0.39 is 6.10 Å². The van der Waals surface area contributed by atoms with Crippen molar-refractivity contribution in [2.24, 2.45) is 5.92 Å². The van der Waals surface area contributed by atoms with Gasteiger partial charge in [-0.25, -0.2) is 8.78 Å². The van der Waals surface area contributed by atoms with Gasteiger partial charge in [-0.15, -0.1) is 0 Å². The highest BCUT2D eigenvalue weighted by atomic mass is 19.1. The third-order valence-corrected chi connectivity index (χ3v) is 7.05. The number of halogens is 2. The second-order valence-corrected chi connectivity index (χ2v) is 9.36. The zero-order chi connectivity index (χ0) is 25.9. The largest absolute Gasteiger partial charge is 0.392 e. The summed E-state index contributed by atoms with van der Waals surface area (Å²) in [7, 11) is 0. The molecule has 4 nitrogen and oxygen atoms in total. The van der Waals surface area contributed by atoms with E-state index >= 15 is 0 Å². The molecule has 0 aromatic heterocycles. The van der Waals surface area contributed by atoms with Gasteiger partial charge in [0.25, 0.3) is 0 Å². The van der Waals surface area contributed by atoms with Crippen LogP contribution in [0.2, 0.25) is 0 Å². The molecule has 1 unspecified atom stereocenters.